The molecule has 0 spiro atoms. The molecule has 1 aliphatic heterocycles. The van der Waals surface area contributed by atoms with E-state index in [0.717, 1.165) is 65.7 Å². The SMILES string of the molecule is C=NNc1cccc(Nc2nc(Nc3ccc(OC4CCNCC4)cc3)ncc2C)c1C. The highest BCUT2D eigenvalue weighted by Crippen LogP contribution is 2.28. The van der Waals surface area contributed by atoms with Gasteiger partial charge in [-0.15, -0.1) is 0 Å². The average molecular weight is 432 g/mol. The molecule has 32 heavy (non-hydrogen) atoms. The number of aromatic nitrogens is 2. The minimum absolute atomic E-state index is 0.281. The van der Waals surface area contributed by atoms with Crippen molar-refractivity contribution in [3.05, 3.63) is 59.8 Å². The monoisotopic (exact) mass is 431 g/mol. The van der Waals surface area contributed by atoms with Crippen molar-refractivity contribution in [3.8, 4) is 5.75 Å². The number of hydrogen-bond donors (Lipinski definition) is 4. The highest BCUT2D eigenvalue weighted by atomic mass is 16.5. The Morgan fingerprint density at radius 3 is 2.53 bits per heavy atom. The molecule has 0 saturated carbocycles. The van der Waals surface area contributed by atoms with E-state index in [1.807, 2.05) is 56.3 Å². The lowest BCUT2D eigenvalue weighted by molar-refractivity contribution is 0.162. The first-order chi connectivity index (χ1) is 15.6. The van der Waals surface area contributed by atoms with Gasteiger partial charge in [0.1, 0.15) is 17.7 Å². The van der Waals surface area contributed by atoms with Gasteiger partial charge in [0.15, 0.2) is 0 Å². The van der Waals surface area contributed by atoms with Crippen LogP contribution in [0, 0.1) is 13.8 Å². The molecule has 0 radical (unpaired) electrons. The highest BCUT2D eigenvalue weighted by Gasteiger charge is 2.14. The average Bonchev–Trinajstić information content (AvgIpc) is 2.81. The van der Waals surface area contributed by atoms with Crippen LogP contribution in [0.15, 0.2) is 53.8 Å². The molecule has 0 aliphatic carbocycles. The van der Waals surface area contributed by atoms with Gasteiger partial charge in [-0.1, -0.05) is 6.07 Å². The first-order valence-electron chi connectivity index (χ1n) is 10.8. The summed E-state index contributed by atoms with van der Waals surface area (Å²) in [6.45, 7) is 9.50. The number of nitrogens with zero attached hydrogens (tertiary/aromatic N) is 3. The van der Waals surface area contributed by atoms with Crippen molar-refractivity contribution in [3.63, 3.8) is 0 Å². The molecule has 4 rings (SSSR count). The zero-order valence-electron chi connectivity index (χ0n) is 18.5. The van der Waals surface area contributed by atoms with Gasteiger partial charge in [0, 0.05) is 29.9 Å². The molecule has 8 nitrogen and oxygen atoms in total. The second-order valence-electron chi connectivity index (χ2n) is 7.81. The van der Waals surface area contributed by atoms with Gasteiger partial charge in [-0.25, -0.2) is 4.98 Å². The largest absolute Gasteiger partial charge is 0.490 e. The molecule has 1 saturated heterocycles. The molecule has 1 aromatic heterocycles. The summed E-state index contributed by atoms with van der Waals surface area (Å²) in [5.74, 6) is 2.14. The van der Waals surface area contributed by atoms with E-state index < -0.39 is 0 Å². The van der Waals surface area contributed by atoms with Gasteiger partial charge in [-0.05, 0) is 81.7 Å². The standard InChI is InChI=1S/C24H29N7O/c1-16-15-27-24(30-23(16)29-21-5-4-6-22(17(21)2)31-25-3)28-18-7-9-19(10-8-18)32-20-11-13-26-14-12-20/h4-10,15,20,26,31H,3,11-14H2,1-2H3,(H2,27,28,29,30). The van der Waals surface area contributed by atoms with Crippen LogP contribution in [0.3, 0.4) is 0 Å². The third-order valence-electron chi connectivity index (χ3n) is 5.46. The number of ether oxygens (including phenoxy) is 1. The predicted molar refractivity (Wildman–Crippen MR) is 131 cm³/mol. The first kappa shape index (κ1) is 21.6. The molecule has 0 bridgehead atoms. The van der Waals surface area contributed by atoms with Crippen LogP contribution in [0.1, 0.15) is 24.0 Å². The van der Waals surface area contributed by atoms with Gasteiger partial charge in [-0.2, -0.15) is 10.1 Å². The third-order valence-corrected chi connectivity index (χ3v) is 5.46. The van der Waals surface area contributed by atoms with Crippen LogP contribution in [-0.4, -0.2) is 35.9 Å². The lowest BCUT2D eigenvalue weighted by Gasteiger charge is -2.23. The Hall–Kier alpha value is -3.65. The molecule has 8 heteroatoms. The molecule has 1 fully saturated rings. The molecule has 1 aliphatic rings. The van der Waals surface area contributed by atoms with Gasteiger partial charge >= 0.3 is 0 Å². The van der Waals surface area contributed by atoms with Gasteiger partial charge in [0.25, 0.3) is 0 Å². The highest BCUT2D eigenvalue weighted by molar-refractivity contribution is 5.70. The maximum absolute atomic E-state index is 6.08. The summed E-state index contributed by atoms with van der Waals surface area (Å²) in [4.78, 5) is 9.09. The zero-order valence-corrected chi connectivity index (χ0v) is 18.5. The topological polar surface area (TPSA) is 95.5 Å². The Balaban J connectivity index is 1.45. The van der Waals surface area contributed by atoms with E-state index in [2.05, 4.69) is 43.2 Å². The number of hydrazone groups is 1. The maximum atomic E-state index is 6.08. The van der Waals surface area contributed by atoms with E-state index in [1.165, 1.54) is 0 Å². The Labute approximate surface area is 188 Å². The van der Waals surface area contributed by atoms with Crippen LogP contribution in [0.25, 0.3) is 0 Å². The lowest BCUT2D eigenvalue weighted by atomic mass is 10.1. The molecule has 0 amide bonds. The zero-order chi connectivity index (χ0) is 22.3. The van der Waals surface area contributed by atoms with Crippen LogP contribution in [0.5, 0.6) is 5.75 Å². The molecule has 166 valence electrons. The number of rotatable bonds is 8. The van der Waals surface area contributed by atoms with Crippen molar-refractivity contribution in [2.75, 3.05) is 29.1 Å². The molecule has 3 aromatic rings. The number of aryl methyl sites for hydroxylation is 1. The molecule has 2 aromatic carbocycles. The number of nitrogens with one attached hydrogen (secondary N) is 4. The van der Waals surface area contributed by atoms with E-state index in [9.17, 15) is 0 Å². The van der Waals surface area contributed by atoms with E-state index in [1.54, 1.807) is 6.20 Å². The summed E-state index contributed by atoms with van der Waals surface area (Å²) in [7, 11) is 0. The fraction of sp³-hybridized carbons (Fsp3) is 0.292. The van der Waals surface area contributed by atoms with Crippen LogP contribution in [0.4, 0.5) is 28.8 Å². The number of anilines is 5. The normalized spacial score (nSPS) is 13.9. The molecule has 4 N–H and O–H groups in total. The molecule has 0 atom stereocenters. The molecule has 0 unspecified atom stereocenters. The number of benzene rings is 2. The Morgan fingerprint density at radius 1 is 1.03 bits per heavy atom. The van der Waals surface area contributed by atoms with E-state index >= 15 is 0 Å². The summed E-state index contributed by atoms with van der Waals surface area (Å²) in [6, 6.07) is 13.8. The van der Waals surface area contributed by atoms with Crippen molar-refractivity contribution in [2.24, 2.45) is 5.10 Å². The van der Waals surface area contributed by atoms with E-state index in [4.69, 9.17) is 4.74 Å². The lowest BCUT2D eigenvalue weighted by Crippen LogP contribution is -2.34. The first-order valence-corrected chi connectivity index (χ1v) is 10.8. The minimum atomic E-state index is 0.281. The summed E-state index contributed by atoms with van der Waals surface area (Å²) in [5, 5.41) is 13.8. The van der Waals surface area contributed by atoms with Crippen LogP contribution in [-0.2, 0) is 0 Å². The molecular formula is C24H29N7O. The summed E-state index contributed by atoms with van der Waals surface area (Å²) < 4.78 is 6.08. The smallest absolute Gasteiger partial charge is 0.229 e. The molecule has 2 heterocycles. The number of hydrogen-bond acceptors (Lipinski definition) is 8. The van der Waals surface area contributed by atoms with Gasteiger partial charge in [0.05, 0.1) is 5.69 Å². The minimum Gasteiger partial charge on any atom is -0.490 e. The van der Waals surface area contributed by atoms with E-state index in [-0.39, 0.29) is 6.10 Å². The molecular weight excluding hydrogens is 402 g/mol. The third kappa shape index (κ3) is 5.33. The van der Waals surface area contributed by atoms with Crippen molar-refractivity contribution in [2.45, 2.75) is 32.8 Å². The quantitative estimate of drug-likeness (QED) is 0.302. The maximum Gasteiger partial charge on any atom is 0.229 e. The van der Waals surface area contributed by atoms with E-state index in [0.29, 0.717) is 5.95 Å². The van der Waals surface area contributed by atoms with Gasteiger partial charge in [0.2, 0.25) is 5.95 Å². The second kappa shape index (κ2) is 10.1. The second-order valence-corrected chi connectivity index (χ2v) is 7.81. The van der Waals surface area contributed by atoms with Crippen LogP contribution < -0.4 is 26.1 Å². The Kier molecular flexibility index (Phi) is 6.81. The summed E-state index contributed by atoms with van der Waals surface area (Å²) >= 11 is 0. The number of piperidine rings is 1. The van der Waals surface area contributed by atoms with Crippen LogP contribution in [0.2, 0.25) is 0 Å². The Morgan fingerprint density at radius 2 is 1.78 bits per heavy atom. The van der Waals surface area contributed by atoms with Gasteiger partial charge in [-0.3, -0.25) is 5.43 Å². The fourth-order valence-electron chi connectivity index (χ4n) is 3.59. The fourth-order valence-corrected chi connectivity index (χ4v) is 3.59. The van der Waals surface area contributed by atoms with Crippen molar-refractivity contribution in [1.82, 2.24) is 15.3 Å². The van der Waals surface area contributed by atoms with Gasteiger partial charge < -0.3 is 20.7 Å². The Bertz CT molecular complexity index is 1060. The van der Waals surface area contributed by atoms with Crippen molar-refractivity contribution < 1.29 is 4.74 Å². The predicted octanol–water partition coefficient (Wildman–Crippen LogP) is 4.74. The summed E-state index contributed by atoms with van der Waals surface area (Å²) in [5.41, 5.74) is 7.60. The van der Waals surface area contributed by atoms with Crippen molar-refractivity contribution in [1.29, 1.82) is 0 Å². The van der Waals surface area contributed by atoms with Crippen molar-refractivity contribution >= 4 is 35.5 Å². The van der Waals surface area contributed by atoms with Crippen LogP contribution >= 0.6 is 0 Å². The summed E-state index contributed by atoms with van der Waals surface area (Å²) in [6.07, 6.45) is 4.16.